The summed E-state index contributed by atoms with van der Waals surface area (Å²) in [5.41, 5.74) is 6.49. The molecule has 0 amide bonds. The molecule has 3 N–H and O–H groups in total. The van der Waals surface area contributed by atoms with Gasteiger partial charge in [-0.3, -0.25) is 5.41 Å². The third kappa shape index (κ3) is 2.57. The average Bonchev–Trinajstić information content (AvgIpc) is 2.33. The molecule has 0 aliphatic rings. The topological polar surface area (TPSA) is 84.9 Å². The van der Waals surface area contributed by atoms with Crippen LogP contribution in [0.3, 0.4) is 0 Å². The molecule has 5 nitrogen and oxygen atoms in total. The molecule has 0 radical (unpaired) electrons. The molecule has 1 aromatic carbocycles. The third-order valence-electron chi connectivity index (χ3n) is 2.26. The fraction of sp³-hybridized carbons (Fsp3) is 0.0833. The molecule has 0 spiro atoms. The van der Waals surface area contributed by atoms with E-state index in [1.807, 2.05) is 6.92 Å². The number of aryl methyl sites for hydroxylation is 1. The Balaban J connectivity index is 2.37. The average molecular weight is 263 g/mol. The van der Waals surface area contributed by atoms with Crippen LogP contribution >= 0.6 is 11.6 Å². The van der Waals surface area contributed by atoms with Gasteiger partial charge in [-0.2, -0.15) is 0 Å². The summed E-state index contributed by atoms with van der Waals surface area (Å²) in [5, 5.41) is 8.03. The number of benzene rings is 1. The van der Waals surface area contributed by atoms with Crippen LogP contribution in [0.15, 0.2) is 30.6 Å². The first kappa shape index (κ1) is 12.3. The molecule has 0 unspecified atom stereocenters. The molecule has 2 rings (SSSR count). The van der Waals surface area contributed by atoms with Gasteiger partial charge < -0.3 is 10.5 Å². The highest BCUT2D eigenvalue weighted by Gasteiger charge is 2.11. The number of rotatable bonds is 3. The normalized spacial score (nSPS) is 10.1. The van der Waals surface area contributed by atoms with Gasteiger partial charge in [-0.15, -0.1) is 0 Å². The summed E-state index contributed by atoms with van der Waals surface area (Å²) in [6, 6.07) is 5.23. The molecule has 18 heavy (non-hydrogen) atoms. The van der Waals surface area contributed by atoms with E-state index in [2.05, 4.69) is 9.97 Å². The van der Waals surface area contributed by atoms with Crippen LogP contribution in [0.1, 0.15) is 11.3 Å². The van der Waals surface area contributed by atoms with Gasteiger partial charge in [0.2, 0.25) is 5.88 Å². The van der Waals surface area contributed by atoms with E-state index < -0.39 is 0 Å². The van der Waals surface area contributed by atoms with Crippen LogP contribution in [0.2, 0.25) is 5.02 Å². The summed E-state index contributed by atoms with van der Waals surface area (Å²) < 4.78 is 5.60. The molecule has 92 valence electrons. The summed E-state index contributed by atoms with van der Waals surface area (Å²) in [7, 11) is 0. The van der Waals surface area contributed by atoms with Crippen LogP contribution in [0, 0.1) is 12.3 Å². The van der Waals surface area contributed by atoms with Crippen molar-refractivity contribution in [2.24, 2.45) is 5.73 Å². The molecule has 0 saturated heterocycles. The van der Waals surface area contributed by atoms with E-state index in [9.17, 15) is 0 Å². The maximum absolute atomic E-state index is 7.40. The molecule has 1 heterocycles. The summed E-state index contributed by atoms with van der Waals surface area (Å²) in [6.07, 6.45) is 2.94. The molecule has 6 heteroatoms. The number of halogens is 1. The Kier molecular flexibility index (Phi) is 3.43. The predicted molar refractivity (Wildman–Crippen MR) is 69.3 cm³/mol. The lowest BCUT2D eigenvalue weighted by atomic mass is 10.2. The van der Waals surface area contributed by atoms with E-state index in [4.69, 9.17) is 27.5 Å². The zero-order valence-corrected chi connectivity index (χ0v) is 10.4. The largest absolute Gasteiger partial charge is 0.437 e. The van der Waals surface area contributed by atoms with Crippen LogP contribution < -0.4 is 10.5 Å². The number of nitrogens with two attached hydrogens (primary N) is 1. The van der Waals surface area contributed by atoms with E-state index in [1.54, 1.807) is 18.2 Å². The minimum Gasteiger partial charge on any atom is -0.437 e. The van der Waals surface area contributed by atoms with Gasteiger partial charge >= 0.3 is 0 Å². The second-order valence-corrected chi connectivity index (χ2v) is 4.07. The van der Waals surface area contributed by atoms with Crippen LogP contribution in [-0.4, -0.2) is 15.8 Å². The smallest absolute Gasteiger partial charge is 0.249 e. The van der Waals surface area contributed by atoms with E-state index >= 15 is 0 Å². The molecular weight excluding hydrogens is 252 g/mol. The highest BCUT2D eigenvalue weighted by molar-refractivity contribution is 6.30. The number of hydrogen-bond acceptors (Lipinski definition) is 4. The molecule has 1 aromatic heterocycles. The maximum Gasteiger partial charge on any atom is 0.249 e. The van der Waals surface area contributed by atoms with Gasteiger partial charge in [-0.1, -0.05) is 11.6 Å². The Labute approximate surface area is 109 Å². The third-order valence-corrected chi connectivity index (χ3v) is 2.50. The van der Waals surface area contributed by atoms with Gasteiger partial charge in [0.05, 0.1) is 0 Å². The Hall–Kier alpha value is -2.14. The molecule has 0 saturated carbocycles. The number of aromatic nitrogens is 2. The lowest BCUT2D eigenvalue weighted by Crippen LogP contribution is -2.15. The molecule has 0 fully saturated rings. The number of nitrogens with zero attached hydrogens (tertiary/aromatic N) is 2. The van der Waals surface area contributed by atoms with Crippen molar-refractivity contribution in [3.8, 4) is 11.6 Å². The van der Waals surface area contributed by atoms with Gasteiger partial charge in [0.15, 0.2) is 5.69 Å². The van der Waals surface area contributed by atoms with Crippen molar-refractivity contribution in [2.45, 2.75) is 6.92 Å². The highest BCUT2D eigenvalue weighted by Crippen LogP contribution is 2.27. The number of hydrogen-bond donors (Lipinski definition) is 2. The Morgan fingerprint density at radius 2 is 2.06 bits per heavy atom. The molecule has 0 aliphatic heterocycles. The Morgan fingerprint density at radius 3 is 2.72 bits per heavy atom. The molecule has 2 aromatic rings. The number of nitrogens with one attached hydrogen (secondary N) is 1. The van der Waals surface area contributed by atoms with Crippen molar-refractivity contribution in [2.75, 3.05) is 0 Å². The van der Waals surface area contributed by atoms with Gasteiger partial charge in [0.25, 0.3) is 0 Å². The summed E-state index contributed by atoms with van der Waals surface area (Å²) in [5.74, 6) is 0.613. The number of ether oxygens (including phenoxy) is 1. The van der Waals surface area contributed by atoms with Gasteiger partial charge in [-0.05, 0) is 30.7 Å². The second-order valence-electron chi connectivity index (χ2n) is 3.64. The van der Waals surface area contributed by atoms with Crippen molar-refractivity contribution in [3.63, 3.8) is 0 Å². The van der Waals surface area contributed by atoms with Crippen LogP contribution in [-0.2, 0) is 0 Å². The minimum atomic E-state index is -0.190. The fourth-order valence-corrected chi connectivity index (χ4v) is 1.64. The SMILES string of the molecule is Cc1cc(Cl)ccc1Oc1nccnc1C(=N)N. The first-order chi connectivity index (χ1) is 8.58. The fourth-order valence-electron chi connectivity index (χ4n) is 1.42. The van der Waals surface area contributed by atoms with Crippen LogP contribution in [0.5, 0.6) is 11.6 Å². The second kappa shape index (κ2) is 5.01. The number of amidine groups is 1. The van der Waals surface area contributed by atoms with E-state index in [1.165, 1.54) is 12.4 Å². The minimum absolute atomic E-state index is 0.190. The molecular formula is C12H11ClN4O. The van der Waals surface area contributed by atoms with E-state index in [-0.39, 0.29) is 17.4 Å². The first-order valence-corrected chi connectivity index (χ1v) is 5.55. The van der Waals surface area contributed by atoms with Crippen molar-refractivity contribution in [1.82, 2.24) is 9.97 Å². The van der Waals surface area contributed by atoms with E-state index in [0.29, 0.717) is 10.8 Å². The van der Waals surface area contributed by atoms with Crippen LogP contribution in [0.4, 0.5) is 0 Å². The quantitative estimate of drug-likeness (QED) is 0.657. The van der Waals surface area contributed by atoms with Gasteiger partial charge in [-0.25, -0.2) is 9.97 Å². The maximum atomic E-state index is 7.40. The zero-order chi connectivity index (χ0) is 13.1. The molecule has 0 aliphatic carbocycles. The molecule has 0 bridgehead atoms. The lowest BCUT2D eigenvalue weighted by molar-refractivity contribution is 0.455. The van der Waals surface area contributed by atoms with Crippen molar-refractivity contribution in [3.05, 3.63) is 46.9 Å². The van der Waals surface area contributed by atoms with Crippen molar-refractivity contribution in [1.29, 1.82) is 5.41 Å². The van der Waals surface area contributed by atoms with Crippen molar-refractivity contribution < 1.29 is 4.74 Å². The predicted octanol–water partition coefficient (Wildman–Crippen LogP) is 2.51. The zero-order valence-electron chi connectivity index (χ0n) is 9.64. The van der Waals surface area contributed by atoms with Crippen LogP contribution in [0.25, 0.3) is 0 Å². The summed E-state index contributed by atoms with van der Waals surface area (Å²) >= 11 is 5.86. The van der Waals surface area contributed by atoms with Gasteiger partial charge in [0.1, 0.15) is 11.6 Å². The standard InChI is InChI=1S/C12H11ClN4O/c1-7-6-8(13)2-3-9(7)18-12-10(11(14)15)16-4-5-17-12/h2-6H,1H3,(H3,14,15). The summed E-state index contributed by atoms with van der Waals surface area (Å²) in [4.78, 5) is 7.98. The van der Waals surface area contributed by atoms with Gasteiger partial charge in [0, 0.05) is 17.4 Å². The lowest BCUT2D eigenvalue weighted by Gasteiger charge is -2.10. The Morgan fingerprint density at radius 1 is 1.33 bits per heavy atom. The van der Waals surface area contributed by atoms with E-state index in [0.717, 1.165) is 5.56 Å². The first-order valence-electron chi connectivity index (χ1n) is 5.17. The molecule has 0 atom stereocenters. The monoisotopic (exact) mass is 262 g/mol. The number of nitrogen functional groups attached to an aromatic ring is 1. The Bertz CT molecular complexity index is 600. The summed E-state index contributed by atoms with van der Waals surface area (Å²) in [6.45, 7) is 1.87. The highest BCUT2D eigenvalue weighted by atomic mass is 35.5. The van der Waals surface area contributed by atoms with Crippen molar-refractivity contribution >= 4 is 17.4 Å².